The first-order valence-electron chi connectivity index (χ1n) is 6.54. The van der Waals surface area contributed by atoms with E-state index in [1.54, 1.807) is 6.20 Å². The van der Waals surface area contributed by atoms with E-state index in [4.69, 9.17) is 11.6 Å². The van der Waals surface area contributed by atoms with Gasteiger partial charge < -0.3 is 5.32 Å². The Bertz CT molecular complexity index is 365. The lowest BCUT2D eigenvalue weighted by Gasteiger charge is -2.35. The number of hydrogen-bond acceptors (Lipinski definition) is 2. The third kappa shape index (κ3) is 3.12. The van der Waals surface area contributed by atoms with Crippen molar-refractivity contribution in [1.29, 1.82) is 0 Å². The van der Waals surface area contributed by atoms with Crippen molar-refractivity contribution in [3.63, 3.8) is 0 Å². The molecule has 1 heterocycles. The molecule has 0 aliphatic heterocycles. The number of nitrogens with one attached hydrogen (secondary N) is 1. The van der Waals surface area contributed by atoms with Gasteiger partial charge in [0.15, 0.2) is 0 Å². The minimum absolute atomic E-state index is 0.547. The molecule has 1 aliphatic carbocycles. The fourth-order valence-corrected chi connectivity index (χ4v) is 2.98. The zero-order valence-electron chi connectivity index (χ0n) is 10.6. The molecule has 2 unspecified atom stereocenters. The summed E-state index contributed by atoms with van der Waals surface area (Å²) < 4.78 is 0. The maximum absolute atomic E-state index is 6.17. The Kier molecular flexibility index (Phi) is 4.27. The Morgan fingerprint density at radius 3 is 2.82 bits per heavy atom. The van der Waals surface area contributed by atoms with Crippen LogP contribution in [0.25, 0.3) is 0 Å². The molecule has 2 atom stereocenters. The van der Waals surface area contributed by atoms with Crippen LogP contribution in [0.4, 0.5) is 5.69 Å². The highest BCUT2D eigenvalue weighted by Gasteiger charge is 2.27. The number of halogens is 1. The van der Waals surface area contributed by atoms with Crippen LogP contribution in [-0.4, -0.2) is 11.0 Å². The van der Waals surface area contributed by atoms with Gasteiger partial charge in [0.2, 0.25) is 0 Å². The second kappa shape index (κ2) is 5.72. The van der Waals surface area contributed by atoms with Crippen LogP contribution in [0.15, 0.2) is 18.5 Å². The van der Waals surface area contributed by atoms with Crippen molar-refractivity contribution in [2.45, 2.75) is 45.6 Å². The SMILES string of the molecule is CC(C)C1CCCCC1Nc1cnccc1Cl. The molecule has 1 aromatic heterocycles. The van der Waals surface area contributed by atoms with E-state index in [0.717, 1.165) is 22.5 Å². The van der Waals surface area contributed by atoms with Gasteiger partial charge in [-0.15, -0.1) is 0 Å². The van der Waals surface area contributed by atoms with E-state index in [2.05, 4.69) is 24.1 Å². The smallest absolute Gasteiger partial charge is 0.0718 e. The van der Waals surface area contributed by atoms with E-state index in [0.29, 0.717) is 6.04 Å². The number of hydrogen-bond donors (Lipinski definition) is 1. The molecule has 0 radical (unpaired) electrons. The molecule has 1 fully saturated rings. The molecule has 2 rings (SSSR count). The Morgan fingerprint density at radius 1 is 1.35 bits per heavy atom. The Balaban J connectivity index is 2.08. The van der Waals surface area contributed by atoms with Crippen molar-refractivity contribution in [3.8, 4) is 0 Å². The van der Waals surface area contributed by atoms with E-state index in [-0.39, 0.29) is 0 Å². The van der Waals surface area contributed by atoms with Crippen molar-refractivity contribution >= 4 is 17.3 Å². The van der Waals surface area contributed by atoms with Crippen LogP contribution in [0.1, 0.15) is 39.5 Å². The van der Waals surface area contributed by atoms with Crippen molar-refractivity contribution in [2.75, 3.05) is 5.32 Å². The third-order valence-corrected chi connectivity index (χ3v) is 4.11. The van der Waals surface area contributed by atoms with E-state index < -0.39 is 0 Å². The summed E-state index contributed by atoms with van der Waals surface area (Å²) >= 11 is 6.17. The number of aromatic nitrogens is 1. The molecular formula is C14H21ClN2. The lowest BCUT2D eigenvalue weighted by atomic mass is 9.78. The summed E-state index contributed by atoms with van der Waals surface area (Å²) in [6.45, 7) is 4.63. The lowest BCUT2D eigenvalue weighted by Crippen LogP contribution is -2.35. The van der Waals surface area contributed by atoms with Crippen molar-refractivity contribution < 1.29 is 0 Å². The molecule has 0 spiro atoms. The van der Waals surface area contributed by atoms with Crippen LogP contribution in [-0.2, 0) is 0 Å². The van der Waals surface area contributed by atoms with Crippen LogP contribution in [0.2, 0.25) is 5.02 Å². The van der Waals surface area contributed by atoms with Gasteiger partial charge in [-0.2, -0.15) is 0 Å². The average Bonchev–Trinajstić information content (AvgIpc) is 2.32. The second-order valence-corrected chi connectivity index (χ2v) is 5.71. The first-order chi connectivity index (χ1) is 8.18. The molecular weight excluding hydrogens is 232 g/mol. The van der Waals surface area contributed by atoms with Crippen LogP contribution in [0.5, 0.6) is 0 Å². The number of nitrogens with zero attached hydrogens (tertiary/aromatic N) is 1. The van der Waals surface area contributed by atoms with E-state index in [1.807, 2.05) is 12.3 Å². The average molecular weight is 253 g/mol. The molecule has 1 saturated carbocycles. The van der Waals surface area contributed by atoms with Gasteiger partial charge in [-0.05, 0) is 30.7 Å². The fraction of sp³-hybridized carbons (Fsp3) is 0.643. The standard InChI is InChI=1S/C14H21ClN2/c1-10(2)11-5-3-4-6-13(11)17-14-9-16-8-7-12(14)15/h7-11,13,17H,3-6H2,1-2H3. The summed E-state index contributed by atoms with van der Waals surface area (Å²) in [6.07, 6.45) is 8.81. The molecule has 94 valence electrons. The van der Waals surface area contributed by atoms with Crippen LogP contribution < -0.4 is 5.32 Å². The predicted molar refractivity (Wildman–Crippen MR) is 73.5 cm³/mol. The van der Waals surface area contributed by atoms with Gasteiger partial charge >= 0.3 is 0 Å². The first kappa shape index (κ1) is 12.7. The molecule has 0 aromatic carbocycles. The van der Waals surface area contributed by atoms with Crippen LogP contribution in [0, 0.1) is 11.8 Å². The molecule has 0 saturated heterocycles. The monoisotopic (exact) mass is 252 g/mol. The summed E-state index contributed by atoms with van der Waals surface area (Å²) in [6, 6.07) is 2.39. The van der Waals surface area contributed by atoms with Gasteiger partial charge in [0.25, 0.3) is 0 Å². The predicted octanol–water partition coefficient (Wildman–Crippen LogP) is 4.36. The van der Waals surface area contributed by atoms with Gasteiger partial charge in [-0.25, -0.2) is 0 Å². The van der Waals surface area contributed by atoms with Gasteiger partial charge in [0, 0.05) is 12.2 Å². The number of rotatable bonds is 3. The number of anilines is 1. The summed E-state index contributed by atoms with van der Waals surface area (Å²) in [7, 11) is 0. The summed E-state index contributed by atoms with van der Waals surface area (Å²) in [5, 5.41) is 4.36. The molecule has 1 aromatic rings. The fourth-order valence-electron chi connectivity index (χ4n) is 2.82. The maximum Gasteiger partial charge on any atom is 0.0718 e. The molecule has 1 N–H and O–H groups in total. The highest BCUT2D eigenvalue weighted by Crippen LogP contribution is 2.33. The van der Waals surface area contributed by atoms with Crippen molar-refractivity contribution in [2.24, 2.45) is 11.8 Å². The summed E-state index contributed by atoms with van der Waals surface area (Å²) in [5.74, 6) is 1.48. The van der Waals surface area contributed by atoms with E-state index in [1.165, 1.54) is 25.7 Å². The third-order valence-electron chi connectivity index (χ3n) is 3.78. The Hall–Kier alpha value is -0.760. The van der Waals surface area contributed by atoms with E-state index in [9.17, 15) is 0 Å². The second-order valence-electron chi connectivity index (χ2n) is 5.30. The largest absolute Gasteiger partial charge is 0.380 e. The minimum Gasteiger partial charge on any atom is -0.380 e. The highest BCUT2D eigenvalue weighted by molar-refractivity contribution is 6.33. The normalized spacial score (nSPS) is 24.9. The molecule has 3 heteroatoms. The Labute approximate surface area is 109 Å². The first-order valence-corrected chi connectivity index (χ1v) is 6.92. The number of pyridine rings is 1. The minimum atomic E-state index is 0.547. The highest BCUT2D eigenvalue weighted by atomic mass is 35.5. The van der Waals surface area contributed by atoms with Gasteiger partial charge in [-0.1, -0.05) is 38.3 Å². The van der Waals surface area contributed by atoms with Crippen molar-refractivity contribution in [1.82, 2.24) is 4.98 Å². The van der Waals surface area contributed by atoms with Gasteiger partial charge in [0.1, 0.15) is 0 Å². The molecule has 0 amide bonds. The van der Waals surface area contributed by atoms with Crippen molar-refractivity contribution in [3.05, 3.63) is 23.5 Å². The zero-order chi connectivity index (χ0) is 12.3. The summed E-state index contributed by atoms with van der Waals surface area (Å²) in [5.41, 5.74) is 0.978. The molecule has 2 nitrogen and oxygen atoms in total. The molecule has 17 heavy (non-hydrogen) atoms. The molecule has 1 aliphatic rings. The Morgan fingerprint density at radius 2 is 2.12 bits per heavy atom. The zero-order valence-corrected chi connectivity index (χ0v) is 11.4. The lowest BCUT2D eigenvalue weighted by molar-refractivity contribution is 0.254. The van der Waals surface area contributed by atoms with Gasteiger partial charge in [0.05, 0.1) is 16.9 Å². The molecule has 0 bridgehead atoms. The van der Waals surface area contributed by atoms with Crippen LogP contribution in [0.3, 0.4) is 0 Å². The quantitative estimate of drug-likeness (QED) is 0.865. The van der Waals surface area contributed by atoms with E-state index >= 15 is 0 Å². The topological polar surface area (TPSA) is 24.9 Å². The summed E-state index contributed by atoms with van der Waals surface area (Å²) in [4.78, 5) is 4.13. The van der Waals surface area contributed by atoms with Gasteiger partial charge in [-0.3, -0.25) is 4.98 Å². The maximum atomic E-state index is 6.17. The van der Waals surface area contributed by atoms with Crippen LogP contribution >= 0.6 is 11.6 Å².